The molecule has 1 saturated carbocycles. The van der Waals surface area contributed by atoms with Crippen LogP contribution in [0.15, 0.2) is 12.7 Å². The summed E-state index contributed by atoms with van der Waals surface area (Å²) in [5, 5.41) is 3.96. The number of rotatable bonds is 2. The third-order valence-electron chi connectivity index (χ3n) is 2.31. The predicted molar refractivity (Wildman–Crippen MR) is 37.9 cm³/mol. The van der Waals surface area contributed by atoms with Crippen molar-refractivity contribution in [3.63, 3.8) is 0 Å². The SMILES string of the molecule is O=CC1(n2cncn2)CCC1. The Hall–Kier alpha value is -1.19. The second-order valence-corrected chi connectivity index (χ2v) is 2.92. The molecule has 4 nitrogen and oxygen atoms in total. The number of hydrogen-bond donors (Lipinski definition) is 0. The summed E-state index contributed by atoms with van der Waals surface area (Å²) < 4.78 is 1.66. The highest BCUT2D eigenvalue weighted by atomic mass is 16.1. The van der Waals surface area contributed by atoms with E-state index >= 15 is 0 Å². The second kappa shape index (κ2) is 2.15. The molecule has 0 N–H and O–H groups in total. The van der Waals surface area contributed by atoms with Crippen LogP contribution < -0.4 is 0 Å². The highest BCUT2D eigenvalue weighted by Gasteiger charge is 2.39. The molecule has 0 aliphatic heterocycles. The Kier molecular flexibility index (Phi) is 1.27. The quantitative estimate of drug-likeness (QED) is 0.573. The van der Waals surface area contributed by atoms with Gasteiger partial charge < -0.3 is 4.79 Å². The third kappa shape index (κ3) is 0.785. The first-order valence-electron chi connectivity index (χ1n) is 3.69. The van der Waals surface area contributed by atoms with Crippen molar-refractivity contribution in [3.05, 3.63) is 12.7 Å². The minimum atomic E-state index is -0.351. The van der Waals surface area contributed by atoms with Crippen LogP contribution in [-0.2, 0) is 10.3 Å². The number of hydrogen-bond acceptors (Lipinski definition) is 3. The second-order valence-electron chi connectivity index (χ2n) is 2.92. The van der Waals surface area contributed by atoms with Gasteiger partial charge in [0, 0.05) is 0 Å². The van der Waals surface area contributed by atoms with Crippen LogP contribution in [0.1, 0.15) is 19.3 Å². The van der Waals surface area contributed by atoms with Crippen LogP contribution >= 0.6 is 0 Å². The zero-order chi connectivity index (χ0) is 7.73. The smallest absolute Gasteiger partial charge is 0.147 e. The van der Waals surface area contributed by atoms with E-state index in [1.807, 2.05) is 0 Å². The molecule has 0 bridgehead atoms. The van der Waals surface area contributed by atoms with Crippen molar-refractivity contribution in [1.82, 2.24) is 14.8 Å². The molecular weight excluding hydrogens is 142 g/mol. The van der Waals surface area contributed by atoms with E-state index in [4.69, 9.17) is 0 Å². The van der Waals surface area contributed by atoms with Crippen LogP contribution in [0, 0.1) is 0 Å². The monoisotopic (exact) mass is 151 g/mol. The van der Waals surface area contributed by atoms with Gasteiger partial charge in [-0.3, -0.25) is 0 Å². The lowest BCUT2D eigenvalue weighted by Crippen LogP contribution is -2.42. The van der Waals surface area contributed by atoms with Gasteiger partial charge in [-0.1, -0.05) is 0 Å². The van der Waals surface area contributed by atoms with Gasteiger partial charge in [-0.15, -0.1) is 0 Å². The fourth-order valence-corrected chi connectivity index (χ4v) is 1.38. The highest BCUT2D eigenvalue weighted by molar-refractivity contribution is 5.63. The molecule has 1 heterocycles. The first-order chi connectivity index (χ1) is 5.37. The highest BCUT2D eigenvalue weighted by Crippen LogP contribution is 2.35. The van der Waals surface area contributed by atoms with Gasteiger partial charge in [0.25, 0.3) is 0 Å². The molecule has 58 valence electrons. The van der Waals surface area contributed by atoms with Gasteiger partial charge in [0.2, 0.25) is 0 Å². The molecule has 0 aromatic carbocycles. The fourth-order valence-electron chi connectivity index (χ4n) is 1.38. The van der Waals surface area contributed by atoms with Crippen LogP contribution in [0.2, 0.25) is 0 Å². The summed E-state index contributed by atoms with van der Waals surface area (Å²) in [4.78, 5) is 14.5. The van der Waals surface area contributed by atoms with Crippen LogP contribution in [0.4, 0.5) is 0 Å². The van der Waals surface area contributed by atoms with Gasteiger partial charge in [0.05, 0.1) is 0 Å². The van der Waals surface area contributed by atoms with Gasteiger partial charge in [-0.2, -0.15) is 5.10 Å². The van der Waals surface area contributed by atoms with Crippen molar-refractivity contribution in [1.29, 1.82) is 0 Å². The zero-order valence-electron chi connectivity index (χ0n) is 6.10. The Balaban J connectivity index is 2.32. The molecule has 1 aliphatic carbocycles. The van der Waals surface area contributed by atoms with E-state index in [2.05, 4.69) is 10.1 Å². The summed E-state index contributed by atoms with van der Waals surface area (Å²) in [6.07, 6.45) is 6.96. The van der Waals surface area contributed by atoms with Gasteiger partial charge in [-0.05, 0) is 19.3 Å². The van der Waals surface area contributed by atoms with E-state index in [-0.39, 0.29) is 5.54 Å². The Morgan fingerprint density at radius 3 is 2.73 bits per heavy atom. The van der Waals surface area contributed by atoms with E-state index in [0.29, 0.717) is 0 Å². The standard InChI is InChI=1S/C7H9N3O/c11-4-7(2-1-3-7)10-6-8-5-9-10/h4-6H,1-3H2. The number of carbonyl (C=O) groups is 1. The zero-order valence-corrected chi connectivity index (χ0v) is 6.10. The van der Waals surface area contributed by atoms with E-state index in [1.165, 1.54) is 6.33 Å². The molecule has 1 aromatic heterocycles. The molecule has 2 rings (SSSR count). The topological polar surface area (TPSA) is 47.8 Å². The molecule has 1 fully saturated rings. The molecule has 0 unspecified atom stereocenters. The first kappa shape index (κ1) is 6.52. The van der Waals surface area contributed by atoms with E-state index in [1.54, 1.807) is 11.0 Å². The predicted octanol–water partition coefficient (Wildman–Crippen LogP) is 0.356. The van der Waals surface area contributed by atoms with Crippen molar-refractivity contribution in [2.45, 2.75) is 24.8 Å². The molecule has 0 atom stereocenters. The lowest BCUT2D eigenvalue weighted by molar-refractivity contribution is -0.119. The van der Waals surface area contributed by atoms with Crippen LogP contribution in [0.25, 0.3) is 0 Å². The molecular formula is C7H9N3O. The summed E-state index contributed by atoms with van der Waals surface area (Å²) in [6, 6.07) is 0. The van der Waals surface area contributed by atoms with Gasteiger partial charge in [-0.25, -0.2) is 9.67 Å². The van der Waals surface area contributed by atoms with Crippen molar-refractivity contribution < 1.29 is 4.79 Å². The van der Waals surface area contributed by atoms with Crippen molar-refractivity contribution >= 4 is 6.29 Å². The average molecular weight is 151 g/mol. The molecule has 0 spiro atoms. The Labute approximate surface area is 64.2 Å². The normalized spacial score (nSPS) is 20.7. The third-order valence-corrected chi connectivity index (χ3v) is 2.31. The number of carbonyl (C=O) groups excluding carboxylic acids is 1. The summed E-state index contributed by atoms with van der Waals surface area (Å²) in [6.45, 7) is 0. The molecule has 0 radical (unpaired) electrons. The number of aldehydes is 1. The molecule has 0 saturated heterocycles. The summed E-state index contributed by atoms with van der Waals surface area (Å²) >= 11 is 0. The Morgan fingerprint density at radius 2 is 2.36 bits per heavy atom. The van der Waals surface area contributed by atoms with Crippen LogP contribution in [0.3, 0.4) is 0 Å². The first-order valence-corrected chi connectivity index (χ1v) is 3.69. The van der Waals surface area contributed by atoms with Crippen LogP contribution in [0.5, 0.6) is 0 Å². The van der Waals surface area contributed by atoms with E-state index in [0.717, 1.165) is 25.5 Å². The van der Waals surface area contributed by atoms with Crippen LogP contribution in [-0.4, -0.2) is 21.1 Å². The molecule has 11 heavy (non-hydrogen) atoms. The van der Waals surface area contributed by atoms with Gasteiger partial charge in [0.15, 0.2) is 0 Å². The molecule has 1 aromatic rings. The maximum absolute atomic E-state index is 10.7. The van der Waals surface area contributed by atoms with E-state index < -0.39 is 0 Å². The fraction of sp³-hybridized carbons (Fsp3) is 0.571. The van der Waals surface area contributed by atoms with Crippen molar-refractivity contribution in [3.8, 4) is 0 Å². The lowest BCUT2D eigenvalue weighted by atomic mass is 9.78. The minimum absolute atomic E-state index is 0.351. The molecule has 4 heteroatoms. The Morgan fingerprint density at radius 1 is 1.55 bits per heavy atom. The summed E-state index contributed by atoms with van der Waals surface area (Å²) in [5.74, 6) is 0. The lowest BCUT2D eigenvalue weighted by Gasteiger charge is -2.36. The maximum Gasteiger partial charge on any atom is 0.147 e. The maximum atomic E-state index is 10.7. The molecule has 1 aliphatic rings. The van der Waals surface area contributed by atoms with Gasteiger partial charge >= 0.3 is 0 Å². The van der Waals surface area contributed by atoms with Crippen molar-refractivity contribution in [2.75, 3.05) is 0 Å². The number of aromatic nitrogens is 3. The molecule has 0 amide bonds. The Bertz CT molecular complexity index is 251. The largest absolute Gasteiger partial charge is 0.301 e. The van der Waals surface area contributed by atoms with Crippen molar-refractivity contribution in [2.24, 2.45) is 0 Å². The summed E-state index contributed by atoms with van der Waals surface area (Å²) in [7, 11) is 0. The minimum Gasteiger partial charge on any atom is -0.301 e. The number of nitrogens with zero attached hydrogens (tertiary/aromatic N) is 3. The summed E-state index contributed by atoms with van der Waals surface area (Å²) in [5.41, 5.74) is -0.351. The average Bonchev–Trinajstić information content (AvgIpc) is 2.39. The van der Waals surface area contributed by atoms with Gasteiger partial charge in [0.1, 0.15) is 24.5 Å². The van der Waals surface area contributed by atoms with E-state index in [9.17, 15) is 4.79 Å².